The minimum Gasteiger partial charge on any atom is -0.300 e. The molecule has 1 unspecified atom stereocenters. The molecule has 1 aromatic rings. The smallest absolute Gasteiger partial charge is 0.246 e. The van der Waals surface area contributed by atoms with Crippen molar-refractivity contribution >= 4 is 23.4 Å². The zero-order valence-corrected chi connectivity index (χ0v) is 12.0. The quantitative estimate of drug-likeness (QED) is 0.826. The first-order valence-electron chi connectivity index (χ1n) is 6.13. The minimum absolute atomic E-state index is 0.127. The Bertz CT molecular complexity index is 526. The molecular weight excluding hydrogens is 268 g/mol. The van der Waals surface area contributed by atoms with Crippen LogP contribution < -0.4 is 5.32 Å². The topological polar surface area (TPSA) is 67.2 Å². The fourth-order valence-corrected chi connectivity index (χ4v) is 2.42. The maximum Gasteiger partial charge on any atom is 0.246 e. The summed E-state index contributed by atoms with van der Waals surface area (Å²) in [6.07, 6.45) is 0.911. The second-order valence-corrected chi connectivity index (χ2v) is 5.11. The number of amides is 2. The Morgan fingerprint density at radius 2 is 2.11 bits per heavy atom. The highest BCUT2D eigenvalue weighted by molar-refractivity contribution is 6.31. The first-order chi connectivity index (χ1) is 8.91. The lowest BCUT2D eigenvalue weighted by atomic mass is 10.0. The van der Waals surface area contributed by atoms with Gasteiger partial charge in [-0.1, -0.05) is 11.6 Å². The van der Waals surface area contributed by atoms with Gasteiger partial charge in [-0.25, -0.2) is 0 Å². The van der Waals surface area contributed by atoms with E-state index in [-0.39, 0.29) is 17.9 Å². The molecule has 0 saturated carbocycles. The van der Waals surface area contributed by atoms with Crippen LogP contribution in [0.1, 0.15) is 24.2 Å². The summed E-state index contributed by atoms with van der Waals surface area (Å²) < 4.78 is 1.70. The summed E-state index contributed by atoms with van der Waals surface area (Å²) in [6, 6.07) is -0.339. The number of aryl methyl sites for hydroxylation is 2. The monoisotopic (exact) mass is 284 g/mol. The molecule has 0 radical (unpaired) electrons. The number of likely N-dealkylation sites (N-methyl/N-ethyl adjacent to an activating group) is 1. The Balaban J connectivity index is 2.03. The Morgan fingerprint density at radius 1 is 1.42 bits per heavy atom. The summed E-state index contributed by atoms with van der Waals surface area (Å²) in [4.78, 5) is 24.5. The highest BCUT2D eigenvalue weighted by atomic mass is 35.5. The molecule has 1 aliphatic rings. The molecule has 1 fully saturated rings. The van der Waals surface area contributed by atoms with Gasteiger partial charge in [0.25, 0.3) is 0 Å². The van der Waals surface area contributed by atoms with Crippen molar-refractivity contribution in [2.75, 3.05) is 7.05 Å². The van der Waals surface area contributed by atoms with Crippen molar-refractivity contribution in [2.24, 2.45) is 7.05 Å². The van der Waals surface area contributed by atoms with Gasteiger partial charge in [0.1, 0.15) is 0 Å². The number of hydrogen-bond donors (Lipinski definition) is 1. The van der Waals surface area contributed by atoms with Crippen LogP contribution in [0, 0.1) is 6.92 Å². The van der Waals surface area contributed by atoms with E-state index in [2.05, 4.69) is 10.4 Å². The van der Waals surface area contributed by atoms with Crippen molar-refractivity contribution in [1.82, 2.24) is 20.0 Å². The molecule has 0 spiro atoms. The Hall–Kier alpha value is -1.40. The first kappa shape index (κ1) is 14.0. The molecule has 1 aromatic heterocycles. The number of imide groups is 1. The molecule has 2 heterocycles. The van der Waals surface area contributed by atoms with E-state index in [1.807, 2.05) is 14.0 Å². The zero-order chi connectivity index (χ0) is 14.2. The van der Waals surface area contributed by atoms with E-state index in [1.54, 1.807) is 4.68 Å². The van der Waals surface area contributed by atoms with E-state index >= 15 is 0 Å². The van der Waals surface area contributed by atoms with E-state index in [9.17, 15) is 9.59 Å². The number of nitrogens with zero attached hydrogens (tertiary/aromatic N) is 3. The van der Waals surface area contributed by atoms with Gasteiger partial charge in [0.2, 0.25) is 11.8 Å². The normalized spacial score (nSPS) is 20.2. The Morgan fingerprint density at radius 3 is 2.68 bits per heavy atom. The van der Waals surface area contributed by atoms with Gasteiger partial charge in [-0.2, -0.15) is 5.10 Å². The lowest BCUT2D eigenvalue weighted by molar-refractivity contribution is -0.148. The lowest BCUT2D eigenvalue weighted by Gasteiger charge is -2.28. The van der Waals surface area contributed by atoms with Crippen molar-refractivity contribution < 1.29 is 9.59 Å². The van der Waals surface area contributed by atoms with Crippen LogP contribution in [0.3, 0.4) is 0 Å². The van der Waals surface area contributed by atoms with Crippen molar-refractivity contribution in [3.63, 3.8) is 0 Å². The minimum atomic E-state index is -0.339. The third-order valence-corrected chi connectivity index (χ3v) is 3.92. The van der Waals surface area contributed by atoms with Gasteiger partial charge < -0.3 is 5.32 Å². The largest absolute Gasteiger partial charge is 0.300 e. The summed E-state index contributed by atoms with van der Waals surface area (Å²) in [5, 5.41) is 7.97. The van der Waals surface area contributed by atoms with Crippen LogP contribution in [0.2, 0.25) is 5.02 Å². The van der Waals surface area contributed by atoms with Crippen molar-refractivity contribution in [3.05, 3.63) is 16.4 Å². The van der Waals surface area contributed by atoms with Gasteiger partial charge in [-0.05, 0) is 13.3 Å². The summed E-state index contributed by atoms with van der Waals surface area (Å²) in [7, 11) is 3.33. The molecule has 19 heavy (non-hydrogen) atoms. The van der Waals surface area contributed by atoms with Crippen LogP contribution in [0.25, 0.3) is 0 Å². The predicted octanol–water partition coefficient (Wildman–Crippen LogP) is 0.619. The molecule has 0 bridgehead atoms. The fourth-order valence-electron chi connectivity index (χ4n) is 2.20. The SMILES string of the molecule is Cc1nn(C)c(CNC2CCC(=O)N(C)C2=O)c1Cl. The van der Waals surface area contributed by atoms with Gasteiger partial charge in [0, 0.05) is 27.1 Å². The van der Waals surface area contributed by atoms with E-state index < -0.39 is 0 Å². The van der Waals surface area contributed by atoms with Crippen molar-refractivity contribution in [2.45, 2.75) is 32.4 Å². The molecule has 1 N–H and O–H groups in total. The summed E-state index contributed by atoms with van der Waals surface area (Å²) in [5.41, 5.74) is 1.61. The average molecular weight is 285 g/mol. The standard InChI is InChI=1S/C12H17ClN4O2/c1-7-11(13)9(17(3)15-7)6-14-8-4-5-10(18)16(2)12(8)19/h8,14H,4-6H2,1-3H3. The van der Waals surface area contributed by atoms with Gasteiger partial charge in [-0.3, -0.25) is 19.2 Å². The Labute approximate surface area is 116 Å². The van der Waals surface area contributed by atoms with E-state index in [4.69, 9.17) is 11.6 Å². The van der Waals surface area contributed by atoms with Gasteiger partial charge in [0.05, 0.1) is 22.5 Å². The molecule has 2 rings (SSSR count). The number of piperidine rings is 1. The fraction of sp³-hybridized carbons (Fsp3) is 0.583. The van der Waals surface area contributed by atoms with Gasteiger partial charge in [0.15, 0.2) is 0 Å². The first-order valence-corrected chi connectivity index (χ1v) is 6.51. The number of nitrogens with one attached hydrogen (secondary N) is 1. The molecule has 6 nitrogen and oxygen atoms in total. The number of likely N-dealkylation sites (tertiary alicyclic amines) is 1. The van der Waals surface area contributed by atoms with E-state index in [0.717, 1.165) is 11.4 Å². The summed E-state index contributed by atoms with van der Waals surface area (Å²) in [6.45, 7) is 2.29. The highest BCUT2D eigenvalue weighted by Gasteiger charge is 2.31. The van der Waals surface area contributed by atoms with Crippen molar-refractivity contribution in [1.29, 1.82) is 0 Å². The van der Waals surface area contributed by atoms with Gasteiger partial charge >= 0.3 is 0 Å². The molecule has 0 aromatic carbocycles. The van der Waals surface area contributed by atoms with Crippen LogP contribution in [-0.4, -0.2) is 39.6 Å². The maximum absolute atomic E-state index is 11.9. The summed E-state index contributed by atoms with van der Waals surface area (Å²) in [5.74, 6) is -0.316. The molecule has 1 aliphatic heterocycles. The molecular formula is C12H17ClN4O2. The van der Waals surface area contributed by atoms with E-state index in [1.165, 1.54) is 11.9 Å². The average Bonchev–Trinajstić information content (AvgIpc) is 2.61. The molecule has 0 aliphatic carbocycles. The van der Waals surface area contributed by atoms with Crippen LogP contribution in [0.5, 0.6) is 0 Å². The van der Waals surface area contributed by atoms with Crippen LogP contribution >= 0.6 is 11.6 Å². The molecule has 1 atom stereocenters. The van der Waals surface area contributed by atoms with Crippen LogP contribution in [0.4, 0.5) is 0 Å². The zero-order valence-electron chi connectivity index (χ0n) is 11.2. The number of carbonyl (C=O) groups excluding carboxylic acids is 2. The van der Waals surface area contributed by atoms with Crippen molar-refractivity contribution in [3.8, 4) is 0 Å². The second kappa shape index (κ2) is 5.30. The lowest BCUT2D eigenvalue weighted by Crippen LogP contribution is -2.51. The third kappa shape index (κ3) is 2.64. The number of rotatable bonds is 3. The van der Waals surface area contributed by atoms with Gasteiger partial charge in [-0.15, -0.1) is 0 Å². The number of hydrogen-bond acceptors (Lipinski definition) is 4. The predicted molar refractivity (Wildman–Crippen MR) is 70.6 cm³/mol. The maximum atomic E-state index is 11.9. The summed E-state index contributed by atoms with van der Waals surface area (Å²) >= 11 is 6.15. The van der Waals surface area contributed by atoms with Crippen LogP contribution in [0.15, 0.2) is 0 Å². The van der Waals surface area contributed by atoms with Crippen LogP contribution in [-0.2, 0) is 23.2 Å². The molecule has 1 saturated heterocycles. The Kier molecular flexibility index (Phi) is 3.91. The highest BCUT2D eigenvalue weighted by Crippen LogP contribution is 2.20. The second-order valence-electron chi connectivity index (χ2n) is 4.73. The number of carbonyl (C=O) groups is 2. The molecule has 7 heteroatoms. The molecule has 2 amide bonds. The van der Waals surface area contributed by atoms with E-state index in [0.29, 0.717) is 24.4 Å². The molecule has 104 valence electrons. The number of aromatic nitrogens is 2. The third-order valence-electron chi connectivity index (χ3n) is 3.43. The number of halogens is 1.